The Kier molecular flexibility index (Phi) is 7.02. The second-order valence-corrected chi connectivity index (χ2v) is 8.23. The summed E-state index contributed by atoms with van der Waals surface area (Å²) in [6, 6.07) is 21.3. The van der Waals surface area contributed by atoms with Crippen LogP contribution < -0.4 is 10.2 Å². The normalized spacial score (nSPS) is 16.1. The Labute approximate surface area is 188 Å². The lowest BCUT2D eigenvalue weighted by molar-refractivity contribution is -0.127. The van der Waals surface area contributed by atoms with Gasteiger partial charge < -0.3 is 14.6 Å². The lowest BCUT2D eigenvalue weighted by Crippen LogP contribution is -2.47. The van der Waals surface area contributed by atoms with Crippen LogP contribution in [-0.4, -0.2) is 35.8 Å². The Hall–Kier alpha value is -3.38. The van der Waals surface area contributed by atoms with Gasteiger partial charge in [0, 0.05) is 5.69 Å². The van der Waals surface area contributed by atoms with Crippen LogP contribution in [0, 0.1) is 6.92 Å². The van der Waals surface area contributed by atoms with Gasteiger partial charge in [-0.1, -0.05) is 42.5 Å². The van der Waals surface area contributed by atoms with E-state index in [0.717, 1.165) is 36.2 Å². The van der Waals surface area contributed by atoms with Gasteiger partial charge in [0.15, 0.2) is 0 Å². The summed E-state index contributed by atoms with van der Waals surface area (Å²) in [5.74, 6) is 0.648. The van der Waals surface area contributed by atoms with E-state index >= 15 is 0 Å². The second-order valence-electron chi connectivity index (χ2n) is 8.23. The fraction of sp³-hybridized carbons (Fsp3) is 0.308. The summed E-state index contributed by atoms with van der Waals surface area (Å²) in [7, 11) is 0. The van der Waals surface area contributed by atoms with Crippen molar-refractivity contribution >= 4 is 17.5 Å². The van der Waals surface area contributed by atoms with Crippen molar-refractivity contribution in [2.24, 2.45) is 0 Å². The summed E-state index contributed by atoms with van der Waals surface area (Å²) >= 11 is 0. The van der Waals surface area contributed by atoms with Crippen molar-refractivity contribution < 1.29 is 14.0 Å². The van der Waals surface area contributed by atoms with Gasteiger partial charge in [0.25, 0.3) is 0 Å². The lowest BCUT2D eigenvalue weighted by atomic mass is 10.1. The standard InChI is InChI=1S/C26H29N3O3/c1-20-8-5-11-22(16-20)29(18-21-9-3-2-4-10-21)25(30)19-28-14-6-13-24(28)26(31)27-17-23-12-7-15-32-23/h2-5,7-12,15-16,24H,6,13-14,17-19H2,1H3,(H,27,31). The van der Waals surface area contributed by atoms with E-state index in [1.807, 2.05) is 77.4 Å². The number of aryl methyl sites for hydroxylation is 1. The number of amides is 2. The zero-order valence-corrected chi connectivity index (χ0v) is 18.4. The Bertz CT molecular complexity index is 1030. The number of nitrogens with one attached hydrogen (secondary N) is 1. The molecule has 2 heterocycles. The van der Waals surface area contributed by atoms with Crippen LogP contribution in [0.15, 0.2) is 77.4 Å². The fourth-order valence-corrected chi connectivity index (χ4v) is 4.16. The molecule has 0 aliphatic carbocycles. The number of anilines is 1. The average Bonchev–Trinajstić information content (AvgIpc) is 3.49. The molecular formula is C26H29N3O3. The van der Waals surface area contributed by atoms with Gasteiger partial charge >= 0.3 is 0 Å². The number of furan rings is 1. The van der Waals surface area contributed by atoms with Gasteiger partial charge in [-0.25, -0.2) is 0 Å². The SMILES string of the molecule is Cc1cccc(N(Cc2ccccc2)C(=O)CN2CCCC2C(=O)NCc2ccco2)c1. The van der Waals surface area contributed by atoms with E-state index in [0.29, 0.717) is 18.8 Å². The maximum atomic E-state index is 13.5. The average molecular weight is 432 g/mol. The maximum Gasteiger partial charge on any atom is 0.241 e. The summed E-state index contributed by atoms with van der Waals surface area (Å²) in [6.07, 6.45) is 3.24. The summed E-state index contributed by atoms with van der Waals surface area (Å²) in [4.78, 5) is 30.1. The molecule has 1 aliphatic heterocycles. The molecule has 4 rings (SSSR count). The van der Waals surface area contributed by atoms with Crippen molar-refractivity contribution in [3.05, 3.63) is 89.9 Å². The van der Waals surface area contributed by atoms with E-state index in [4.69, 9.17) is 4.42 Å². The largest absolute Gasteiger partial charge is 0.467 e. The zero-order chi connectivity index (χ0) is 22.3. The molecule has 1 aliphatic rings. The molecule has 0 spiro atoms. The van der Waals surface area contributed by atoms with Gasteiger partial charge in [-0.05, 0) is 61.7 Å². The number of likely N-dealkylation sites (tertiary alicyclic amines) is 1. The molecule has 0 bridgehead atoms. The first-order valence-corrected chi connectivity index (χ1v) is 11.1. The van der Waals surface area contributed by atoms with Gasteiger partial charge in [-0.2, -0.15) is 0 Å². The zero-order valence-electron chi connectivity index (χ0n) is 18.4. The predicted octanol–water partition coefficient (Wildman–Crippen LogP) is 3.90. The molecule has 6 nitrogen and oxygen atoms in total. The number of rotatable bonds is 8. The molecule has 1 unspecified atom stereocenters. The Morgan fingerprint density at radius 2 is 1.94 bits per heavy atom. The van der Waals surface area contributed by atoms with Gasteiger partial charge in [0.1, 0.15) is 5.76 Å². The van der Waals surface area contributed by atoms with Crippen LogP contribution in [0.3, 0.4) is 0 Å². The molecule has 0 radical (unpaired) electrons. The van der Waals surface area contributed by atoms with E-state index in [-0.39, 0.29) is 24.4 Å². The van der Waals surface area contributed by atoms with Crippen molar-refractivity contribution in [1.29, 1.82) is 0 Å². The van der Waals surface area contributed by atoms with Crippen LogP contribution >= 0.6 is 0 Å². The molecule has 6 heteroatoms. The highest BCUT2D eigenvalue weighted by atomic mass is 16.3. The minimum Gasteiger partial charge on any atom is -0.467 e. The topological polar surface area (TPSA) is 65.8 Å². The van der Waals surface area contributed by atoms with E-state index in [1.165, 1.54) is 0 Å². The van der Waals surface area contributed by atoms with Crippen LogP contribution in [0.25, 0.3) is 0 Å². The Morgan fingerprint density at radius 1 is 1.09 bits per heavy atom. The number of carbonyl (C=O) groups is 2. The third-order valence-electron chi connectivity index (χ3n) is 5.82. The van der Waals surface area contributed by atoms with Crippen LogP contribution in [0.2, 0.25) is 0 Å². The van der Waals surface area contributed by atoms with Gasteiger partial charge in [-0.3, -0.25) is 14.5 Å². The van der Waals surface area contributed by atoms with Crippen molar-refractivity contribution in [2.45, 2.75) is 38.9 Å². The number of benzene rings is 2. The molecule has 1 atom stereocenters. The van der Waals surface area contributed by atoms with Crippen LogP contribution in [0.1, 0.15) is 29.7 Å². The minimum absolute atomic E-state index is 0.00909. The monoisotopic (exact) mass is 431 g/mol. The molecule has 1 aromatic heterocycles. The molecule has 0 saturated carbocycles. The van der Waals surface area contributed by atoms with E-state index in [1.54, 1.807) is 12.3 Å². The quantitative estimate of drug-likeness (QED) is 0.587. The first kappa shape index (κ1) is 21.8. The highest BCUT2D eigenvalue weighted by Gasteiger charge is 2.33. The Morgan fingerprint density at radius 3 is 2.69 bits per heavy atom. The Balaban J connectivity index is 1.46. The first-order valence-electron chi connectivity index (χ1n) is 11.1. The number of nitrogens with zero attached hydrogens (tertiary/aromatic N) is 2. The lowest BCUT2D eigenvalue weighted by Gasteiger charge is -2.28. The first-order chi connectivity index (χ1) is 15.6. The van der Waals surface area contributed by atoms with Gasteiger partial charge in [-0.15, -0.1) is 0 Å². The fourth-order valence-electron chi connectivity index (χ4n) is 4.16. The number of hydrogen-bond donors (Lipinski definition) is 1. The predicted molar refractivity (Wildman–Crippen MR) is 124 cm³/mol. The molecule has 2 aromatic carbocycles. The molecule has 2 amide bonds. The van der Waals surface area contributed by atoms with Gasteiger partial charge in [0.05, 0.1) is 31.9 Å². The molecule has 1 saturated heterocycles. The molecule has 3 aromatic rings. The third-order valence-corrected chi connectivity index (χ3v) is 5.82. The number of hydrogen-bond acceptors (Lipinski definition) is 4. The van der Waals surface area contributed by atoms with Crippen LogP contribution in [0.5, 0.6) is 0 Å². The molecular weight excluding hydrogens is 402 g/mol. The second kappa shape index (κ2) is 10.3. The highest BCUT2D eigenvalue weighted by Crippen LogP contribution is 2.22. The summed E-state index contributed by atoms with van der Waals surface area (Å²) < 4.78 is 5.30. The molecule has 1 fully saturated rings. The summed E-state index contributed by atoms with van der Waals surface area (Å²) in [6.45, 7) is 3.81. The van der Waals surface area contributed by atoms with Crippen LogP contribution in [0.4, 0.5) is 5.69 Å². The maximum absolute atomic E-state index is 13.5. The van der Waals surface area contributed by atoms with Crippen molar-refractivity contribution in [3.63, 3.8) is 0 Å². The highest BCUT2D eigenvalue weighted by molar-refractivity contribution is 5.95. The van der Waals surface area contributed by atoms with Crippen molar-refractivity contribution in [1.82, 2.24) is 10.2 Å². The summed E-state index contributed by atoms with van der Waals surface area (Å²) in [5.41, 5.74) is 3.04. The number of carbonyl (C=O) groups excluding carboxylic acids is 2. The smallest absolute Gasteiger partial charge is 0.241 e. The van der Waals surface area contributed by atoms with Crippen molar-refractivity contribution in [2.75, 3.05) is 18.0 Å². The van der Waals surface area contributed by atoms with E-state index in [2.05, 4.69) is 5.32 Å². The van der Waals surface area contributed by atoms with Crippen LogP contribution in [-0.2, 0) is 22.7 Å². The third kappa shape index (κ3) is 5.45. The molecule has 1 N–H and O–H groups in total. The van der Waals surface area contributed by atoms with E-state index < -0.39 is 0 Å². The molecule has 166 valence electrons. The van der Waals surface area contributed by atoms with Gasteiger partial charge in [0.2, 0.25) is 11.8 Å². The minimum atomic E-state index is -0.301. The van der Waals surface area contributed by atoms with Crippen molar-refractivity contribution in [3.8, 4) is 0 Å². The molecule has 32 heavy (non-hydrogen) atoms. The summed E-state index contributed by atoms with van der Waals surface area (Å²) in [5, 5.41) is 2.94. The van der Waals surface area contributed by atoms with E-state index in [9.17, 15) is 9.59 Å².